The summed E-state index contributed by atoms with van der Waals surface area (Å²) in [6.45, 7) is 7.26. The van der Waals surface area contributed by atoms with E-state index in [-0.39, 0.29) is 5.66 Å². The van der Waals surface area contributed by atoms with Gasteiger partial charge < -0.3 is 10.2 Å². The first-order valence-electron chi connectivity index (χ1n) is 10.2. The van der Waals surface area contributed by atoms with E-state index in [0.29, 0.717) is 0 Å². The molecule has 0 unspecified atom stereocenters. The Morgan fingerprint density at radius 3 is 2.27 bits per heavy atom. The van der Waals surface area contributed by atoms with E-state index in [9.17, 15) is 0 Å². The van der Waals surface area contributed by atoms with Gasteiger partial charge in [0.1, 0.15) is 11.5 Å². The van der Waals surface area contributed by atoms with E-state index in [1.54, 1.807) is 0 Å². The number of rotatable bonds is 10. The molecule has 0 amide bonds. The highest BCUT2D eigenvalue weighted by Crippen LogP contribution is 2.18. The first kappa shape index (κ1) is 20.5. The maximum atomic E-state index is 4.79. The molecule has 0 atom stereocenters. The molecular formula is C22H36N4. The first-order valence-corrected chi connectivity index (χ1v) is 10.2. The Bertz CT molecular complexity index is 589. The average Bonchev–Trinajstić information content (AvgIpc) is 2.60. The van der Waals surface area contributed by atoms with Crippen molar-refractivity contribution < 1.29 is 0 Å². The van der Waals surface area contributed by atoms with E-state index in [1.165, 1.54) is 50.5 Å². The molecule has 0 bridgehead atoms. The normalized spacial score (nSPS) is 15.8. The molecule has 4 nitrogen and oxygen atoms in total. The van der Waals surface area contributed by atoms with Crippen LogP contribution in [0.15, 0.2) is 40.3 Å². The smallest absolute Gasteiger partial charge is 0.201 e. The summed E-state index contributed by atoms with van der Waals surface area (Å²) < 4.78 is 0. The summed E-state index contributed by atoms with van der Waals surface area (Å²) in [4.78, 5) is 11.8. The molecule has 4 heteroatoms. The minimum Gasteiger partial charge on any atom is -0.341 e. The Morgan fingerprint density at radius 1 is 0.923 bits per heavy atom. The van der Waals surface area contributed by atoms with Gasteiger partial charge in [0.25, 0.3) is 0 Å². The third-order valence-electron chi connectivity index (χ3n) is 4.69. The van der Waals surface area contributed by atoms with Crippen molar-refractivity contribution in [3.63, 3.8) is 0 Å². The number of nitrogens with one attached hydrogen (secondary N) is 1. The van der Waals surface area contributed by atoms with Crippen LogP contribution in [0.5, 0.6) is 0 Å². The second-order valence-electron chi connectivity index (χ2n) is 7.83. The van der Waals surface area contributed by atoms with Crippen molar-refractivity contribution in [1.29, 1.82) is 0 Å². The number of hydrogen-bond acceptors (Lipinski definition) is 4. The van der Waals surface area contributed by atoms with Crippen LogP contribution in [0, 0.1) is 0 Å². The highest BCUT2D eigenvalue weighted by molar-refractivity contribution is 6.01. The molecule has 1 aliphatic rings. The fourth-order valence-corrected chi connectivity index (χ4v) is 3.28. The molecule has 26 heavy (non-hydrogen) atoms. The average molecular weight is 357 g/mol. The SMILES string of the molecule is CCCCCCCCCC1=NC(C)(C)N=C(N(C)Cc2ccccc2)N1. The molecule has 1 heterocycles. The summed E-state index contributed by atoms with van der Waals surface area (Å²) in [6.07, 6.45) is 10.3. The number of guanidine groups is 1. The molecule has 0 spiro atoms. The van der Waals surface area contributed by atoms with Crippen LogP contribution < -0.4 is 5.32 Å². The molecule has 0 saturated carbocycles. The predicted molar refractivity (Wildman–Crippen MR) is 113 cm³/mol. The second-order valence-corrected chi connectivity index (χ2v) is 7.83. The summed E-state index contributed by atoms with van der Waals surface area (Å²) in [7, 11) is 2.09. The Labute approximate surface area is 159 Å². The zero-order valence-corrected chi connectivity index (χ0v) is 17.1. The van der Waals surface area contributed by atoms with Gasteiger partial charge in [0.15, 0.2) is 0 Å². The van der Waals surface area contributed by atoms with Crippen molar-refractivity contribution in [1.82, 2.24) is 10.2 Å². The second kappa shape index (κ2) is 10.3. The Morgan fingerprint density at radius 2 is 1.58 bits per heavy atom. The van der Waals surface area contributed by atoms with Gasteiger partial charge in [0, 0.05) is 20.0 Å². The Kier molecular flexibility index (Phi) is 8.14. The van der Waals surface area contributed by atoms with Gasteiger partial charge in [-0.1, -0.05) is 75.8 Å². The molecule has 0 aromatic heterocycles. The molecule has 0 saturated heterocycles. The molecule has 2 rings (SSSR count). The third kappa shape index (κ3) is 7.19. The zero-order chi connectivity index (χ0) is 18.8. The van der Waals surface area contributed by atoms with Crippen molar-refractivity contribution in [2.45, 2.75) is 84.3 Å². The number of nitrogens with zero attached hydrogens (tertiary/aromatic N) is 3. The quantitative estimate of drug-likeness (QED) is 0.574. The van der Waals surface area contributed by atoms with Crippen molar-refractivity contribution in [2.24, 2.45) is 9.98 Å². The van der Waals surface area contributed by atoms with Crippen molar-refractivity contribution in [3.8, 4) is 0 Å². The lowest BCUT2D eigenvalue weighted by Crippen LogP contribution is -2.47. The first-order chi connectivity index (χ1) is 12.5. The highest BCUT2D eigenvalue weighted by atomic mass is 15.4. The van der Waals surface area contributed by atoms with Gasteiger partial charge in [0.05, 0.1) is 0 Å². The summed E-state index contributed by atoms with van der Waals surface area (Å²) in [5.74, 6) is 2.00. The van der Waals surface area contributed by atoms with Gasteiger partial charge >= 0.3 is 0 Å². The largest absolute Gasteiger partial charge is 0.341 e. The van der Waals surface area contributed by atoms with E-state index in [1.807, 2.05) is 0 Å². The van der Waals surface area contributed by atoms with Crippen LogP contribution in [0.2, 0.25) is 0 Å². The number of hydrogen-bond donors (Lipinski definition) is 1. The summed E-state index contributed by atoms with van der Waals surface area (Å²) in [5, 5.41) is 3.47. The van der Waals surface area contributed by atoms with Gasteiger partial charge in [-0.05, 0) is 25.8 Å². The summed E-state index contributed by atoms with van der Waals surface area (Å²) in [6, 6.07) is 10.5. The number of aliphatic imine (C=N–C) groups is 2. The van der Waals surface area contributed by atoms with Crippen molar-refractivity contribution in [2.75, 3.05) is 7.05 Å². The minimum atomic E-state index is -0.387. The van der Waals surface area contributed by atoms with Gasteiger partial charge in [-0.3, -0.25) is 0 Å². The zero-order valence-electron chi connectivity index (χ0n) is 17.1. The van der Waals surface area contributed by atoms with Crippen molar-refractivity contribution in [3.05, 3.63) is 35.9 Å². The topological polar surface area (TPSA) is 40.0 Å². The van der Waals surface area contributed by atoms with Gasteiger partial charge in [0.2, 0.25) is 5.96 Å². The maximum Gasteiger partial charge on any atom is 0.201 e. The summed E-state index contributed by atoms with van der Waals surface area (Å²) >= 11 is 0. The molecule has 1 aromatic carbocycles. The molecule has 0 fully saturated rings. The monoisotopic (exact) mass is 356 g/mol. The molecule has 1 N–H and O–H groups in total. The van der Waals surface area contributed by atoms with E-state index < -0.39 is 0 Å². The van der Waals surface area contributed by atoms with Gasteiger partial charge in [-0.2, -0.15) is 0 Å². The predicted octanol–water partition coefficient (Wildman–Crippen LogP) is 5.35. The number of amidine groups is 1. The van der Waals surface area contributed by atoms with E-state index in [2.05, 4.69) is 68.4 Å². The van der Waals surface area contributed by atoms with Crippen LogP contribution in [0.1, 0.15) is 77.7 Å². The van der Waals surface area contributed by atoms with Crippen LogP contribution in [-0.2, 0) is 6.54 Å². The van der Waals surface area contributed by atoms with Gasteiger partial charge in [-0.15, -0.1) is 0 Å². The maximum absolute atomic E-state index is 4.79. The van der Waals surface area contributed by atoms with Gasteiger partial charge in [-0.25, -0.2) is 9.98 Å². The lowest BCUT2D eigenvalue weighted by molar-refractivity contribution is 0.451. The van der Waals surface area contributed by atoms with E-state index in [0.717, 1.165) is 24.8 Å². The summed E-state index contributed by atoms with van der Waals surface area (Å²) in [5.41, 5.74) is 0.899. The number of unbranched alkanes of at least 4 members (excludes halogenated alkanes) is 6. The lowest BCUT2D eigenvalue weighted by atomic mass is 10.1. The van der Waals surface area contributed by atoms with Crippen molar-refractivity contribution >= 4 is 11.8 Å². The third-order valence-corrected chi connectivity index (χ3v) is 4.69. The van der Waals surface area contributed by atoms with Crippen LogP contribution in [0.25, 0.3) is 0 Å². The molecule has 0 aliphatic carbocycles. The molecular weight excluding hydrogens is 320 g/mol. The molecule has 1 aliphatic heterocycles. The van der Waals surface area contributed by atoms with Crippen LogP contribution in [0.4, 0.5) is 0 Å². The van der Waals surface area contributed by atoms with E-state index >= 15 is 0 Å². The van der Waals surface area contributed by atoms with Crippen LogP contribution in [0.3, 0.4) is 0 Å². The number of benzene rings is 1. The molecule has 144 valence electrons. The molecule has 0 radical (unpaired) electrons. The fraction of sp³-hybridized carbons (Fsp3) is 0.636. The Hall–Kier alpha value is -1.84. The van der Waals surface area contributed by atoms with E-state index in [4.69, 9.17) is 9.98 Å². The lowest BCUT2D eigenvalue weighted by Gasteiger charge is -2.31. The minimum absolute atomic E-state index is 0.387. The fourth-order valence-electron chi connectivity index (χ4n) is 3.28. The Balaban J connectivity index is 1.82. The van der Waals surface area contributed by atoms with Crippen LogP contribution in [-0.4, -0.2) is 29.4 Å². The highest BCUT2D eigenvalue weighted by Gasteiger charge is 2.24. The molecule has 1 aromatic rings. The van der Waals surface area contributed by atoms with Crippen LogP contribution >= 0.6 is 0 Å². The standard InChI is InChI=1S/C22H36N4/c1-5-6-7-8-9-10-14-17-20-23-21(25-22(2,3)24-20)26(4)18-19-15-12-11-13-16-19/h11-13,15-16H,5-10,14,17-18H2,1-4H3,(H,23,24,25).